The van der Waals surface area contributed by atoms with Crippen LogP contribution in [0.2, 0.25) is 0 Å². The van der Waals surface area contributed by atoms with Crippen molar-refractivity contribution >= 4 is 0 Å². The molecule has 10 nitrogen and oxygen atoms in total. The van der Waals surface area contributed by atoms with Gasteiger partial charge in [0, 0.05) is 17.9 Å². The Morgan fingerprint density at radius 2 is 0.696 bits per heavy atom. The minimum absolute atomic E-state index is 0.0691. The highest BCUT2D eigenvalue weighted by atomic mass is 16.7. The highest BCUT2D eigenvalue weighted by Crippen LogP contribution is 2.62. The fourth-order valence-corrected chi connectivity index (χ4v) is 16.9. The average Bonchev–Trinajstić information content (AvgIpc) is 0.737. The molecule has 6 aliphatic carbocycles. The molecule has 2 N–H and O–H groups in total. The molecule has 0 radical (unpaired) electrons. The molecule has 11 atom stereocenters. The second-order valence-electron chi connectivity index (χ2n) is 33.7. The van der Waals surface area contributed by atoms with Crippen LogP contribution in [0.25, 0.3) is 0 Å². The van der Waals surface area contributed by atoms with Gasteiger partial charge >= 0.3 is 0 Å². The standard InChI is InChI=1S/C26H36O2.C23H34O2.C18H28O2.C15H24O2.2C10H14O/c1-4-20(2)23-15-17-25(18-16-23)28-26(21(3)24-13-9-6-10-14-24)27-19-22-11-7-5-8-12-22;1-4-16(3)20-6-8-21(9-7-20)25-22(24-5-2)23-13-17-10-18(14-23)12-19(11-17)15-23;1-4-14(2)16-10-12-18(13-11-16)20-15(3)19-17-8-6-5-7-9-17;1-5-11-16-13(4)17-15-9-7-14(8-10-15)12(3)6-2;2*1-3-8(2)9-4-6-10(11)7-5-9/h5,7-8,11-12,15-18,20-21,24,26H,4,6,9-10,13-14,19H2,1-3H3;6-9,16-19,22H,4-5,10-15H2,1-3H3;10-15,17H,4-9H2,1-3H3;7-10,12-13H,5-6,11H2,1-4H3;2*4-8,11H,3H2,1-2H3. The Kier molecular flexibility index (Phi) is 41.1. The lowest BCUT2D eigenvalue weighted by atomic mass is 9.49. The van der Waals surface area contributed by atoms with Gasteiger partial charge in [-0.25, -0.2) is 0 Å². The van der Waals surface area contributed by atoms with Gasteiger partial charge in [-0.3, -0.25) is 0 Å². The Morgan fingerprint density at radius 1 is 0.357 bits per heavy atom. The Bertz CT molecular complexity index is 3460. The fraction of sp³-hybridized carbons (Fsp3) is 0.588. The number of hydrogen-bond donors (Lipinski definition) is 2. The summed E-state index contributed by atoms with van der Waals surface area (Å²) in [6.45, 7) is 39.1. The van der Waals surface area contributed by atoms with Crippen molar-refractivity contribution in [3.05, 3.63) is 215 Å². The highest BCUT2D eigenvalue weighted by molar-refractivity contribution is 5.34. The molecule has 7 aromatic rings. The van der Waals surface area contributed by atoms with Gasteiger partial charge in [-0.05, 0) is 301 Å². The number of phenolic OH excluding ortho intramolecular Hbond substituents is 2. The average molecular weight is 1540 g/mol. The quantitative estimate of drug-likeness (QED) is 0.0386. The zero-order valence-electron chi connectivity index (χ0n) is 72.5. The predicted molar refractivity (Wildman–Crippen MR) is 467 cm³/mol. The van der Waals surface area contributed by atoms with E-state index in [0.29, 0.717) is 71.6 Å². The van der Waals surface area contributed by atoms with Crippen LogP contribution in [0.3, 0.4) is 0 Å². The number of benzene rings is 7. The molecule has 6 saturated carbocycles. The molecular formula is C102H150O10. The molecule has 0 aromatic heterocycles. The lowest BCUT2D eigenvalue weighted by Gasteiger charge is -2.58. The summed E-state index contributed by atoms with van der Waals surface area (Å²) in [5.74, 6) is 11.8. The molecule has 0 heterocycles. The number of ether oxygens (including phenoxy) is 8. The molecule has 10 heteroatoms. The molecule has 4 bridgehead atoms. The number of hydrogen-bond acceptors (Lipinski definition) is 10. The predicted octanol–water partition coefficient (Wildman–Crippen LogP) is 28.9. The van der Waals surface area contributed by atoms with Crippen LogP contribution < -0.4 is 18.9 Å². The third-order valence-corrected chi connectivity index (χ3v) is 25.0. The molecule has 13 rings (SSSR count). The molecule has 0 spiro atoms. The maximum Gasteiger partial charge on any atom is 0.205 e. The SMILES string of the molecule is CCC(C)c1ccc(O)cc1.CCC(C)c1ccc(O)cc1.CCC(C)c1ccc(OC(C)OC2CCCCC2)cc1.CCC(C)c1ccc(OC(OCc2ccccc2)C(C)C2CCCCC2)cc1.CCCOC(C)Oc1ccc(C(C)CC)cc1.CCOC(Oc1ccc(C(C)CC)cc1)C12CC3CC(CC(C3)C1)C2. The summed E-state index contributed by atoms with van der Waals surface area (Å²) in [7, 11) is 0. The molecule has 7 aromatic carbocycles. The van der Waals surface area contributed by atoms with Crippen molar-refractivity contribution in [2.45, 2.75) is 339 Å². The Labute approximate surface area is 680 Å². The second kappa shape index (κ2) is 49.8. The van der Waals surface area contributed by atoms with Gasteiger partial charge in [0.2, 0.25) is 12.6 Å². The van der Waals surface area contributed by atoms with E-state index in [0.717, 1.165) is 86.1 Å². The fourth-order valence-electron chi connectivity index (χ4n) is 16.9. The maximum absolute atomic E-state index is 9.01. The minimum atomic E-state index is -0.210. The van der Waals surface area contributed by atoms with Crippen molar-refractivity contribution in [2.24, 2.45) is 35.0 Å². The zero-order valence-corrected chi connectivity index (χ0v) is 72.5. The smallest absolute Gasteiger partial charge is 0.205 e. The summed E-state index contributed by atoms with van der Waals surface area (Å²) in [5.41, 5.74) is 9.56. The van der Waals surface area contributed by atoms with Crippen LogP contribution in [0.5, 0.6) is 34.5 Å². The van der Waals surface area contributed by atoms with Gasteiger partial charge in [0.15, 0.2) is 12.6 Å². The van der Waals surface area contributed by atoms with Crippen LogP contribution in [0.1, 0.15) is 340 Å². The first-order chi connectivity index (χ1) is 54.1. The van der Waals surface area contributed by atoms with Gasteiger partial charge in [-0.1, -0.05) is 239 Å². The van der Waals surface area contributed by atoms with Crippen LogP contribution in [0.15, 0.2) is 176 Å². The van der Waals surface area contributed by atoms with Gasteiger partial charge < -0.3 is 48.1 Å². The zero-order chi connectivity index (χ0) is 80.8. The molecule has 0 saturated heterocycles. The van der Waals surface area contributed by atoms with Crippen molar-refractivity contribution in [3.8, 4) is 34.5 Å². The van der Waals surface area contributed by atoms with Crippen LogP contribution in [-0.2, 0) is 25.6 Å². The Balaban J connectivity index is 0.000000192. The van der Waals surface area contributed by atoms with Crippen molar-refractivity contribution < 1.29 is 48.1 Å². The normalized spacial score (nSPS) is 20.7. The molecule has 6 fully saturated rings. The van der Waals surface area contributed by atoms with E-state index >= 15 is 0 Å². The first-order valence-corrected chi connectivity index (χ1v) is 44.3. The Morgan fingerprint density at radius 3 is 1.05 bits per heavy atom. The summed E-state index contributed by atoms with van der Waals surface area (Å²) >= 11 is 0. The largest absolute Gasteiger partial charge is 0.508 e. The first kappa shape index (κ1) is 92.4. The van der Waals surface area contributed by atoms with E-state index in [1.165, 1.54) is 155 Å². The molecule has 0 aliphatic heterocycles. The summed E-state index contributed by atoms with van der Waals surface area (Å²) < 4.78 is 48.4. The number of phenols is 2. The lowest BCUT2D eigenvalue weighted by molar-refractivity contribution is -0.213. The van der Waals surface area contributed by atoms with Gasteiger partial charge in [-0.15, -0.1) is 0 Å². The van der Waals surface area contributed by atoms with E-state index in [9.17, 15) is 0 Å². The summed E-state index contributed by atoms with van der Waals surface area (Å²) in [6, 6.07) is 59.4. The summed E-state index contributed by atoms with van der Waals surface area (Å²) in [4.78, 5) is 0. The van der Waals surface area contributed by atoms with Gasteiger partial charge in [0.1, 0.15) is 34.5 Å². The summed E-state index contributed by atoms with van der Waals surface area (Å²) in [5, 5.41) is 18.0. The highest BCUT2D eigenvalue weighted by Gasteiger charge is 2.56. The number of aromatic hydroxyl groups is 2. The van der Waals surface area contributed by atoms with Crippen LogP contribution in [0, 0.1) is 35.0 Å². The van der Waals surface area contributed by atoms with E-state index in [-0.39, 0.29) is 30.6 Å². The third kappa shape index (κ3) is 31.1. The number of rotatable bonds is 33. The van der Waals surface area contributed by atoms with E-state index in [4.69, 9.17) is 48.1 Å². The lowest BCUT2D eigenvalue weighted by Crippen LogP contribution is -2.54. The molecule has 6 aliphatic rings. The van der Waals surface area contributed by atoms with Crippen molar-refractivity contribution in [1.82, 2.24) is 0 Å². The topological polar surface area (TPSA) is 114 Å². The third-order valence-electron chi connectivity index (χ3n) is 25.0. The second-order valence-corrected chi connectivity index (χ2v) is 33.7. The van der Waals surface area contributed by atoms with Gasteiger partial charge in [0.25, 0.3) is 0 Å². The molecular weight excluding hydrogens is 1390 g/mol. The van der Waals surface area contributed by atoms with Crippen LogP contribution in [-0.4, -0.2) is 54.7 Å². The molecule has 112 heavy (non-hydrogen) atoms. The van der Waals surface area contributed by atoms with Gasteiger partial charge in [-0.2, -0.15) is 0 Å². The van der Waals surface area contributed by atoms with E-state index in [1.54, 1.807) is 24.3 Å². The molecule has 11 unspecified atom stereocenters. The van der Waals surface area contributed by atoms with Gasteiger partial charge in [0.05, 0.1) is 19.3 Å². The van der Waals surface area contributed by atoms with E-state index in [2.05, 4.69) is 213 Å². The summed E-state index contributed by atoms with van der Waals surface area (Å²) in [6.07, 6.45) is 29.0. The molecule has 0 amide bonds. The minimum Gasteiger partial charge on any atom is -0.508 e. The first-order valence-electron chi connectivity index (χ1n) is 44.3. The monoisotopic (exact) mass is 1540 g/mol. The van der Waals surface area contributed by atoms with Crippen molar-refractivity contribution in [2.75, 3.05) is 13.2 Å². The van der Waals surface area contributed by atoms with Crippen molar-refractivity contribution in [3.63, 3.8) is 0 Å². The van der Waals surface area contributed by atoms with E-state index < -0.39 is 0 Å². The Hall–Kier alpha value is -6.82. The van der Waals surface area contributed by atoms with E-state index in [1.807, 2.05) is 56.3 Å². The maximum atomic E-state index is 9.01. The van der Waals surface area contributed by atoms with Crippen LogP contribution >= 0.6 is 0 Å². The molecule has 618 valence electrons. The van der Waals surface area contributed by atoms with Crippen LogP contribution in [0.4, 0.5) is 0 Å². The van der Waals surface area contributed by atoms with Crippen molar-refractivity contribution in [1.29, 1.82) is 0 Å².